The summed E-state index contributed by atoms with van der Waals surface area (Å²) in [5, 5.41) is 9.14. The van der Waals surface area contributed by atoms with Crippen LogP contribution in [0.25, 0.3) is 0 Å². The monoisotopic (exact) mass is 363 g/mol. The Hall–Kier alpha value is -2.87. The van der Waals surface area contributed by atoms with Gasteiger partial charge in [-0.05, 0) is 55.3 Å². The molecule has 8 heteroatoms. The average Bonchev–Trinajstić information content (AvgIpc) is 2.55. The predicted octanol–water partition coefficient (Wildman–Crippen LogP) is 2.59. The normalized spacial score (nSPS) is 11.0. The SMILES string of the molecule is COC(=O)c1ccc(NS(=O)(=O)c2ccc(C)c(C(=O)O)c2)c(C)c1. The number of ether oxygens (including phenoxy) is 1. The highest BCUT2D eigenvalue weighted by Crippen LogP contribution is 2.23. The van der Waals surface area contributed by atoms with E-state index in [1.54, 1.807) is 13.8 Å². The van der Waals surface area contributed by atoms with E-state index in [9.17, 15) is 18.0 Å². The average molecular weight is 363 g/mol. The predicted molar refractivity (Wildman–Crippen MR) is 91.5 cm³/mol. The molecule has 0 aromatic heterocycles. The van der Waals surface area contributed by atoms with E-state index in [1.807, 2.05) is 0 Å². The summed E-state index contributed by atoms with van der Waals surface area (Å²) in [6.45, 7) is 3.23. The standard InChI is InChI=1S/C17H17NO6S/c1-10-4-6-13(9-14(10)16(19)20)25(22,23)18-15-7-5-12(8-11(15)2)17(21)24-3/h4-9,18H,1-3H3,(H,19,20). The molecule has 0 fully saturated rings. The Labute approximate surface area is 145 Å². The fourth-order valence-corrected chi connectivity index (χ4v) is 3.38. The van der Waals surface area contributed by atoms with Crippen LogP contribution in [-0.4, -0.2) is 32.6 Å². The highest BCUT2D eigenvalue weighted by Gasteiger charge is 2.19. The van der Waals surface area contributed by atoms with Crippen LogP contribution in [0.3, 0.4) is 0 Å². The van der Waals surface area contributed by atoms with Gasteiger partial charge in [-0.2, -0.15) is 0 Å². The zero-order valence-corrected chi connectivity index (χ0v) is 14.7. The quantitative estimate of drug-likeness (QED) is 0.790. The molecule has 0 saturated carbocycles. The lowest BCUT2D eigenvalue weighted by molar-refractivity contribution is 0.0599. The van der Waals surface area contributed by atoms with Gasteiger partial charge in [-0.25, -0.2) is 18.0 Å². The van der Waals surface area contributed by atoms with Crippen LogP contribution < -0.4 is 4.72 Å². The number of carboxylic acid groups (broad SMARTS) is 1. The van der Waals surface area contributed by atoms with Gasteiger partial charge in [0.25, 0.3) is 10.0 Å². The maximum atomic E-state index is 12.5. The van der Waals surface area contributed by atoms with Crippen molar-refractivity contribution in [2.45, 2.75) is 18.7 Å². The van der Waals surface area contributed by atoms with Crippen LogP contribution in [0.4, 0.5) is 5.69 Å². The summed E-state index contributed by atoms with van der Waals surface area (Å²) in [6.07, 6.45) is 0. The third kappa shape index (κ3) is 3.97. The number of aromatic carboxylic acids is 1. The Balaban J connectivity index is 2.38. The van der Waals surface area contributed by atoms with Gasteiger partial charge in [0.1, 0.15) is 0 Å². The van der Waals surface area contributed by atoms with Crippen molar-refractivity contribution < 1.29 is 27.9 Å². The van der Waals surface area contributed by atoms with Gasteiger partial charge in [0.05, 0.1) is 28.8 Å². The van der Waals surface area contributed by atoms with Crippen molar-refractivity contribution in [1.29, 1.82) is 0 Å². The number of nitrogens with one attached hydrogen (secondary N) is 1. The highest BCUT2D eigenvalue weighted by atomic mass is 32.2. The Morgan fingerprint density at radius 3 is 2.28 bits per heavy atom. The second-order valence-corrected chi connectivity index (χ2v) is 7.09. The van der Waals surface area contributed by atoms with Crippen molar-refractivity contribution in [2.24, 2.45) is 0 Å². The lowest BCUT2D eigenvalue weighted by Crippen LogP contribution is -2.15. The number of esters is 1. The fourth-order valence-electron chi connectivity index (χ4n) is 2.23. The molecule has 2 aromatic rings. The van der Waals surface area contributed by atoms with Crippen molar-refractivity contribution >= 4 is 27.6 Å². The number of hydrogen-bond acceptors (Lipinski definition) is 5. The molecule has 0 aliphatic heterocycles. The number of methoxy groups -OCH3 is 1. The summed E-state index contributed by atoms with van der Waals surface area (Å²) in [4.78, 5) is 22.5. The zero-order chi connectivity index (χ0) is 18.8. The number of rotatable bonds is 5. The van der Waals surface area contributed by atoms with Gasteiger partial charge >= 0.3 is 11.9 Å². The molecule has 2 rings (SSSR count). The molecule has 2 aromatic carbocycles. The Kier molecular flexibility index (Phi) is 5.13. The van der Waals surface area contributed by atoms with Crippen LogP contribution in [0.2, 0.25) is 0 Å². The minimum Gasteiger partial charge on any atom is -0.478 e. The first-order valence-electron chi connectivity index (χ1n) is 7.21. The molecule has 0 aliphatic rings. The molecule has 0 amide bonds. The van der Waals surface area contributed by atoms with E-state index in [4.69, 9.17) is 5.11 Å². The number of carbonyl (C=O) groups is 2. The maximum Gasteiger partial charge on any atom is 0.337 e. The molecule has 0 saturated heterocycles. The fraction of sp³-hybridized carbons (Fsp3) is 0.176. The van der Waals surface area contributed by atoms with Gasteiger partial charge in [0.2, 0.25) is 0 Å². The highest BCUT2D eigenvalue weighted by molar-refractivity contribution is 7.92. The number of aryl methyl sites for hydroxylation is 2. The molecule has 25 heavy (non-hydrogen) atoms. The summed E-state index contributed by atoms with van der Waals surface area (Å²) >= 11 is 0. The summed E-state index contributed by atoms with van der Waals surface area (Å²) in [7, 11) is -2.72. The molecule has 0 radical (unpaired) electrons. The van der Waals surface area contributed by atoms with Crippen molar-refractivity contribution in [2.75, 3.05) is 11.8 Å². The summed E-state index contributed by atoms with van der Waals surface area (Å²) < 4.78 is 32.1. The molecular weight excluding hydrogens is 346 g/mol. The molecule has 0 bridgehead atoms. The van der Waals surface area contributed by atoms with Crippen molar-refractivity contribution in [3.8, 4) is 0 Å². The minimum absolute atomic E-state index is 0.0827. The first-order chi connectivity index (χ1) is 11.7. The molecule has 7 nitrogen and oxygen atoms in total. The van der Waals surface area contributed by atoms with Crippen molar-refractivity contribution in [3.05, 3.63) is 58.7 Å². The molecule has 0 unspecified atom stereocenters. The third-order valence-corrected chi connectivity index (χ3v) is 5.00. The number of anilines is 1. The van der Waals surface area contributed by atoms with Crippen LogP contribution in [0.1, 0.15) is 31.8 Å². The Morgan fingerprint density at radius 2 is 1.72 bits per heavy atom. The lowest BCUT2D eigenvalue weighted by atomic mass is 10.1. The summed E-state index contributed by atoms with van der Waals surface area (Å²) in [5.41, 5.74) is 1.49. The van der Waals surface area contributed by atoms with E-state index < -0.39 is 22.0 Å². The second-order valence-electron chi connectivity index (χ2n) is 5.41. The Morgan fingerprint density at radius 1 is 1.04 bits per heavy atom. The van der Waals surface area contributed by atoms with Crippen LogP contribution in [0, 0.1) is 13.8 Å². The first kappa shape index (κ1) is 18.5. The molecular formula is C17H17NO6S. The molecule has 0 atom stereocenters. The number of sulfonamides is 1. The molecule has 132 valence electrons. The number of carbonyl (C=O) groups excluding carboxylic acids is 1. The van der Waals surface area contributed by atoms with E-state index in [0.717, 1.165) is 6.07 Å². The third-order valence-electron chi connectivity index (χ3n) is 3.64. The van der Waals surface area contributed by atoms with E-state index in [1.165, 1.54) is 37.4 Å². The maximum absolute atomic E-state index is 12.5. The van der Waals surface area contributed by atoms with Gasteiger partial charge in [-0.15, -0.1) is 0 Å². The number of benzene rings is 2. The Bertz CT molecular complexity index is 950. The largest absolute Gasteiger partial charge is 0.478 e. The van der Waals surface area contributed by atoms with E-state index in [2.05, 4.69) is 9.46 Å². The van der Waals surface area contributed by atoms with Gasteiger partial charge in [0, 0.05) is 0 Å². The molecule has 0 spiro atoms. The minimum atomic E-state index is -3.98. The van der Waals surface area contributed by atoms with Crippen LogP contribution in [0.15, 0.2) is 41.3 Å². The van der Waals surface area contributed by atoms with Crippen molar-refractivity contribution in [1.82, 2.24) is 0 Å². The first-order valence-corrected chi connectivity index (χ1v) is 8.70. The van der Waals surface area contributed by atoms with Crippen molar-refractivity contribution in [3.63, 3.8) is 0 Å². The molecule has 2 N–H and O–H groups in total. The second kappa shape index (κ2) is 6.94. The van der Waals surface area contributed by atoms with Crippen LogP contribution >= 0.6 is 0 Å². The van der Waals surface area contributed by atoms with Gasteiger partial charge < -0.3 is 9.84 Å². The topological polar surface area (TPSA) is 110 Å². The van der Waals surface area contributed by atoms with E-state index in [-0.39, 0.29) is 16.1 Å². The van der Waals surface area contributed by atoms with Gasteiger partial charge in [0.15, 0.2) is 0 Å². The van der Waals surface area contributed by atoms with Gasteiger partial charge in [-0.3, -0.25) is 4.72 Å². The lowest BCUT2D eigenvalue weighted by Gasteiger charge is -2.12. The number of hydrogen-bond donors (Lipinski definition) is 2. The summed E-state index contributed by atoms with van der Waals surface area (Å²) in [6, 6.07) is 8.27. The smallest absolute Gasteiger partial charge is 0.337 e. The summed E-state index contributed by atoms with van der Waals surface area (Å²) in [5.74, 6) is -1.73. The van der Waals surface area contributed by atoms with Crippen LogP contribution in [0.5, 0.6) is 0 Å². The van der Waals surface area contributed by atoms with Gasteiger partial charge in [-0.1, -0.05) is 6.07 Å². The number of carboxylic acids is 1. The van der Waals surface area contributed by atoms with E-state index in [0.29, 0.717) is 16.7 Å². The molecule has 0 heterocycles. The molecule has 0 aliphatic carbocycles. The van der Waals surface area contributed by atoms with E-state index >= 15 is 0 Å². The zero-order valence-electron chi connectivity index (χ0n) is 13.9. The van der Waals surface area contributed by atoms with Crippen LogP contribution in [-0.2, 0) is 14.8 Å².